The molecule has 4 nitrogen and oxygen atoms in total. The summed E-state index contributed by atoms with van der Waals surface area (Å²) in [6.45, 7) is 0. The van der Waals surface area contributed by atoms with E-state index in [4.69, 9.17) is 5.11 Å². The van der Waals surface area contributed by atoms with E-state index in [-0.39, 0.29) is 30.4 Å². The number of carboxylic acid groups (broad SMARTS) is 1. The molecular formula is C9H8Cl2N2O2. The van der Waals surface area contributed by atoms with Crippen LogP contribution in [0.15, 0.2) is 30.7 Å². The second kappa shape index (κ2) is 5.48. The normalized spacial score (nSPS) is 8.80. The summed E-state index contributed by atoms with van der Waals surface area (Å²) in [5.74, 6) is -0.944. The van der Waals surface area contributed by atoms with Gasteiger partial charge in [0, 0.05) is 11.6 Å². The zero-order valence-electron chi connectivity index (χ0n) is 7.45. The second-order valence-corrected chi connectivity index (χ2v) is 2.60. The first-order chi connectivity index (χ1) is 6.27. The van der Waals surface area contributed by atoms with Crippen molar-refractivity contribution >= 4 is 41.7 Å². The molecule has 1 aromatic carbocycles. The van der Waals surface area contributed by atoms with E-state index in [1.165, 1.54) is 18.5 Å². The van der Waals surface area contributed by atoms with Crippen LogP contribution in [0.1, 0.15) is 10.4 Å². The summed E-state index contributed by atoms with van der Waals surface area (Å²) in [5, 5.41) is 9.54. The van der Waals surface area contributed by atoms with Crippen molar-refractivity contribution in [2.75, 3.05) is 0 Å². The molecule has 2 rings (SSSR count). The van der Waals surface area contributed by atoms with Gasteiger partial charge in [0.15, 0.2) is 0 Å². The molecular weight excluding hydrogens is 239 g/mol. The molecule has 6 heteroatoms. The Hall–Kier alpha value is -1.39. The highest BCUT2D eigenvalue weighted by molar-refractivity contribution is 5.92. The van der Waals surface area contributed by atoms with E-state index in [2.05, 4.69) is 9.97 Å². The second-order valence-electron chi connectivity index (χ2n) is 2.60. The SMILES string of the molecule is Cl.Cl.O=C(O)c1ccc2cncnc2c1. The third-order valence-corrected chi connectivity index (χ3v) is 1.75. The highest BCUT2D eigenvalue weighted by Crippen LogP contribution is 2.11. The lowest BCUT2D eigenvalue weighted by Crippen LogP contribution is -1.95. The zero-order chi connectivity index (χ0) is 9.26. The molecule has 0 bridgehead atoms. The molecule has 0 unspecified atom stereocenters. The number of carbonyl (C=O) groups is 1. The molecule has 2 aromatic rings. The summed E-state index contributed by atoms with van der Waals surface area (Å²) >= 11 is 0. The van der Waals surface area contributed by atoms with Crippen molar-refractivity contribution in [3.8, 4) is 0 Å². The van der Waals surface area contributed by atoms with E-state index >= 15 is 0 Å². The number of aromatic carboxylic acids is 1. The maximum absolute atomic E-state index is 10.6. The summed E-state index contributed by atoms with van der Waals surface area (Å²) in [4.78, 5) is 18.4. The fourth-order valence-electron chi connectivity index (χ4n) is 1.11. The third kappa shape index (κ3) is 2.78. The summed E-state index contributed by atoms with van der Waals surface area (Å²) in [6.07, 6.45) is 3.04. The standard InChI is InChI=1S/C9H6N2O2.2ClH/c12-9(13)6-1-2-7-4-10-5-11-8(7)3-6;;/h1-5H,(H,12,13);2*1H. The Morgan fingerprint density at radius 1 is 1.27 bits per heavy atom. The fourth-order valence-corrected chi connectivity index (χ4v) is 1.11. The first-order valence-corrected chi connectivity index (χ1v) is 3.70. The van der Waals surface area contributed by atoms with Crippen molar-refractivity contribution < 1.29 is 9.90 Å². The molecule has 0 radical (unpaired) electrons. The van der Waals surface area contributed by atoms with Gasteiger partial charge in [-0.05, 0) is 12.1 Å². The zero-order valence-corrected chi connectivity index (χ0v) is 9.09. The summed E-state index contributed by atoms with van der Waals surface area (Å²) in [6, 6.07) is 4.76. The topological polar surface area (TPSA) is 63.1 Å². The number of aromatic nitrogens is 2. The molecule has 0 amide bonds. The number of hydrogen-bond donors (Lipinski definition) is 1. The average Bonchev–Trinajstić information content (AvgIpc) is 2.17. The van der Waals surface area contributed by atoms with Crippen molar-refractivity contribution in [1.29, 1.82) is 0 Å². The van der Waals surface area contributed by atoms with Crippen molar-refractivity contribution in [2.24, 2.45) is 0 Å². The monoisotopic (exact) mass is 246 g/mol. The van der Waals surface area contributed by atoms with Gasteiger partial charge in [0.05, 0.1) is 11.1 Å². The molecule has 0 spiro atoms. The lowest BCUT2D eigenvalue weighted by atomic mass is 10.1. The van der Waals surface area contributed by atoms with Crippen LogP contribution in [0.3, 0.4) is 0 Å². The van der Waals surface area contributed by atoms with Crippen LogP contribution in [-0.2, 0) is 0 Å². The van der Waals surface area contributed by atoms with Gasteiger partial charge in [-0.1, -0.05) is 6.07 Å². The van der Waals surface area contributed by atoms with Gasteiger partial charge in [-0.15, -0.1) is 24.8 Å². The quantitative estimate of drug-likeness (QED) is 0.838. The molecule has 0 aliphatic carbocycles. The number of rotatable bonds is 1. The maximum atomic E-state index is 10.6. The van der Waals surface area contributed by atoms with Crippen LogP contribution in [0, 0.1) is 0 Å². The molecule has 0 atom stereocenters. The van der Waals surface area contributed by atoms with Crippen LogP contribution >= 0.6 is 24.8 Å². The Balaban J connectivity index is 0.000000980. The molecule has 0 aliphatic rings. The Bertz CT molecular complexity index is 476. The van der Waals surface area contributed by atoms with Crippen LogP contribution in [0.25, 0.3) is 10.9 Å². The van der Waals surface area contributed by atoms with Gasteiger partial charge in [0.25, 0.3) is 0 Å². The molecule has 0 aliphatic heterocycles. The highest BCUT2D eigenvalue weighted by atomic mass is 35.5. The van der Waals surface area contributed by atoms with Gasteiger partial charge in [0.2, 0.25) is 0 Å². The number of fused-ring (bicyclic) bond motifs is 1. The number of carboxylic acids is 1. The van der Waals surface area contributed by atoms with E-state index in [1.807, 2.05) is 0 Å². The molecule has 15 heavy (non-hydrogen) atoms. The Kier molecular flexibility index (Phi) is 4.97. The van der Waals surface area contributed by atoms with Gasteiger partial charge in [-0.2, -0.15) is 0 Å². The molecule has 0 saturated heterocycles. The smallest absolute Gasteiger partial charge is 0.335 e. The maximum Gasteiger partial charge on any atom is 0.335 e. The largest absolute Gasteiger partial charge is 0.478 e. The number of hydrogen-bond acceptors (Lipinski definition) is 3. The first kappa shape index (κ1) is 13.6. The minimum atomic E-state index is -0.944. The molecule has 1 heterocycles. The number of halogens is 2. The molecule has 1 N–H and O–H groups in total. The van der Waals surface area contributed by atoms with Crippen LogP contribution in [0.4, 0.5) is 0 Å². The van der Waals surface area contributed by atoms with Gasteiger partial charge >= 0.3 is 5.97 Å². The summed E-state index contributed by atoms with van der Waals surface area (Å²) in [7, 11) is 0. The van der Waals surface area contributed by atoms with E-state index < -0.39 is 5.97 Å². The van der Waals surface area contributed by atoms with Crippen molar-refractivity contribution in [2.45, 2.75) is 0 Å². The first-order valence-electron chi connectivity index (χ1n) is 3.70. The fraction of sp³-hybridized carbons (Fsp3) is 0. The van der Waals surface area contributed by atoms with Crippen molar-refractivity contribution in [3.63, 3.8) is 0 Å². The Morgan fingerprint density at radius 3 is 2.67 bits per heavy atom. The van der Waals surface area contributed by atoms with Gasteiger partial charge in [0.1, 0.15) is 6.33 Å². The van der Waals surface area contributed by atoms with Crippen molar-refractivity contribution in [1.82, 2.24) is 9.97 Å². The number of nitrogens with zero attached hydrogens (tertiary/aromatic N) is 2. The Morgan fingerprint density at radius 2 is 2.00 bits per heavy atom. The van der Waals surface area contributed by atoms with Crippen LogP contribution in [0.5, 0.6) is 0 Å². The summed E-state index contributed by atoms with van der Waals surface area (Å²) < 4.78 is 0. The molecule has 0 saturated carbocycles. The summed E-state index contributed by atoms with van der Waals surface area (Å²) in [5.41, 5.74) is 0.890. The Labute approximate surface area is 98.2 Å². The number of benzene rings is 1. The lowest BCUT2D eigenvalue weighted by Gasteiger charge is -1.96. The van der Waals surface area contributed by atoms with Crippen LogP contribution < -0.4 is 0 Å². The van der Waals surface area contributed by atoms with Crippen LogP contribution in [-0.4, -0.2) is 21.0 Å². The van der Waals surface area contributed by atoms with Gasteiger partial charge in [-0.3, -0.25) is 0 Å². The molecule has 1 aromatic heterocycles. The van der Waals surface area contributed by atoms with Gasteiger partial charge in [-0.25, -0.2) is 14.8 Å². The lowest BCUT2D eigenvalue weighted by molar-refractivity contribution is 0.0697. The third-order valence-electron chi connectivity index (χ3n) is 1.75. The average molecular weight is 247 g/mol. The van der Waals surface area contributed by atoms with E-state index in [9.17, 15) is 4.79 Å². The van der Waals surface area contributed by atoms with Gasteiger partial charge < -0.3 is 5.11 Å². The van der Waals surface area contributed by atoms with E-state index in [0.29, 0.717) is 5.52 Å². The minimum absolute atomic E-state index is 0. The van der Waals surface area contributed by atoms with E-state index in [0.717, 1.165) is 5.39 Å². The minimum Gasteiger partial charge on any atom is -0.478 e. The van der Waals surface area contributed by atoms with Crippen LogP contribution in [0.2, 0.25) is 0 Å². The predicted octanol–water partition coefficient (Wildman–Crippen LogP) is 2.17. The highest BCUT2D eigenvalue weighted by Gasteiger charge is 2.03. The molecule has 80 valence electrons. The van der Waals surface area contributed by atoms with Crippen molar-refractivity contribution in [3.05, 3.63) is 36.3 Å². The van der Waals surface area contributed by atoms with E-state index in [1.54, 1.807) is 12.3 Å². The molecule has 0 fully saturated rings. The predicted molar refractivity (Wildman–Crippen MR) is 61.0 cm³/mol.